The fourth-order valence-electron chi connectivity index (χ4n) is 1.19. The molecular weight excluding hydrogens is 314 g/mol. The number of hydrogen-bond donors (Lipinski definition) is 7. The average Bonchev–Trinajstić information content (AvgIpc) is 2.52. The number of nitrogens with one attached hydrogen (secondary N) is 1. The highest BCUT2D eigenvalue weighted by atomic mass is 16.4. The molecule has 3 atom stereocenters. The maximum atomic E-state index is 10.5. The summed E-state index contributed by atoms with van der Waals surface area (Å²) in [6, 6.07) is 7.95. The lowest BCUT2D eigenvalue weighted by molar-refractivity contribution is -0.165. The molecule has 10 nitrogen and oxygen atoms in total. The van der Waals surface area contributed by atoms with Gasteiger partial charge in [0.1, 0.15) is 6.04 Å². The molecular formula is C13H17NO9. The van der Waals surface area contributed by atoms with Gasteiger partial charge in [-0.3, -0.25) is 0 Å². The SMILES string of the molecule is O=C(O)C(O)C(O)C(=O)O.O=C(O)[C@H](CO)Nc1ccccc1. The Labute approximate surface area is 130 Å². The minimum absolute atomic E-state index is 0.426. The molecule has 0 saturated carbocycles. The van der Waals surface area contributed by atoms with E-state index < -0.39 is 42.8 Å². The molecule has 0 spiro atoms. The minimum atomic E-state index is -2.27. The zero-order valence-corrected chi connectivity index (χ0v) is 11.7. The quantitative estimate of drug-likeness (QED) is 0.307. The Kier molecular flexibility index (Phi) is 8.92. The van der Waals surface area contributed by atoms with Crippen LogP contribution in [0.15, 0.2) is 30.3 Å². The van der Waals surface area contributed by atoms with Gasteiger partial charge in [-0.25, -0.2) is 14.4 Å². The molecule has 0 saturated heterocycles. The molecule has 1 aromatic rings. The highest BCUT2D eigenvalue weighted by molar-refractivity contribution is 5.83. The van der Waals surface area contributed by atoms with Crippen LogP contribution in [0.1, 0.15) is 0 Å². The Morgan fingerprint density at radius 3 is 1.61 bits per heavy atom. The number of carboxylic acid groups (broad SMARTS) is 3. The van der Waals surface area contributed by atoms with Crippen molar-refractivity contribution >= 4 is 23.6 Å². The van der Waals surface area contributed by atoms with E-state index in [-0.39, 0.29) is 0 Å². The van der Waals surface area contributed by atoms with Gasteiger partial charge in [-0.05, 0) is 12.1 Å². The lowest BCUT2D eigenvalue weighted by Crippen LogP contribution is -2.39. The van der Waals surface area contributed by atoms with Gasteiger partial charge >= 0.3 is 17.9 Å². The van der Waals surface area contributed by atoms with Gasteiger partial charge in [-0.1, -0.05) is 18.2 Å². The van der Waals surface area contributed by atoms with Crippen LogP contribution in [0, 0.1) is 0 Å². The Morgan fingerprint density at radius 1 is 0.870 bits per heavy atom. The Balaban J connectivity index is 0.000000438. The van der Waals surface area contributed by atoms with Gasteiger partial charge in [0.15, 0.2) is 12.2 Å². The van der Waals surface area contributed by atoms with Crippen LogP contribution in [0.3, 0.4) is 0 Å². The van der Waals surface area contributed by atoms with Crippen molar-refractivity contribution in [3.63, 3.8) is 0 Å². The predicted octanol–water partition coefficient (Wildman–Crippen LogP) is -1.58. The van der Waals surface area contributed by atoms with Gasteiger partial charge in [-0.15, -0.1) is 0 Å². The lowest BCUT2D eigenvalue weighted by Gasteiger charge is -2.12. The molecule has 1 rings (SSSR count). The molecule has 0 heterocycles. The van der Waals surface area contributed by atoms with Crippen LogP contribution in [0.25, 0.3) is 0 Å². The number of para-hydroxylation sites is 1. The van der Waals surface area contributed by atoms with E-state index in [1.54, 1.807) is 24.3 Å². The molecule has 1 aromatic carbocycles. The number of aliphatic hydroxyl groups is 3. The van der Waals surface area contributed by atoms with Crippen molar-refractivity contribution in [2.45, 2.75) is 18.2 Å². The second-order valence-corrected chi connectivity index (χ2v) is 4.15. The summed E-state index contributed by atoms with van der Waals surface area (Å²) in [7, 11) is 0. The lowest BCUT2D eigenvalue weighted by atomic mass is 10.2. The highest BCUT2D eigenvalue weighted by Gasteiger charge is 2.29. The molecule has 0 amide bonds. The number of carbonyl (C=O) groups is 3. The first kappa shape index (κ1) is 20.3. The molecule has 2 unspecified atom stereocenters. The molecule has 10 heteroatoms. The van der Waals surface area contributed by atoms with Crippen LogP contribution in [0.4, 0.5) is 5.69 Å². The fraction of sp³-hybridized carbons (Fsp3) is 0.308. The van der Waals surface area contributed by atoms with E-state index in [9.17, 15) is 14.4 Å². The minimum Gasteiger partial charge on any atom is -0.480 e. The summed E-state index contributed by atoms with van der Waals surface area (Å²) in [5.74, 6) is -4.60. The summed E-state index contributed by atoms with van der Waals surface area (Å²) in [4.78, 5) is 30.1. The molecule has 0 fully saturated rings. The summed E-state index contributed by atoms with van der Waals surface area (Å²) < 4.78 is 0. The van der Waals surface area contributed by atoms with Crippen molar-refractivity contribution in [3.8, 4) is 0 Å². The summed E-state index contributed by atoms with van der Waals surface area (Å²) in [6.45, 7) is -0.426. The third-order valence-electron chi connectivity index (χ3n) is 2.40. The van der Waals surface area contributed by atoms with E-state index >= 15 is 0 Å². The molecule has 128 valence electrons. The molecule has 23 heavy (non-hydrogen) atoms. The Bertz CT molecular complexity index is 501. The molecule has 0 aliphatic heterocycles. The molecule has 0 aromatic heterocycles. The van der Waals surface area contributed by atoms with Crippen LogP contribution >= 0.6 is 0 Å². The Hall–Kier alpha value is -2.69. The second-order valence-electron chi connectivity index (χ2n) is 4.15. The maximum absolute atomic E-state index is 10.5. The van der Waals surface area contributed by atoms with E-state index in [0.29, 0.717) is 5.69 Å². The van der Waals surface area contributed by atoms with E-state index in [2.05, 4.69) is 5.32 Å². The molecule has 0 radical (unpaired) electrons. The first-order valence-corrected chi connectivity index (χ1v) is 6.17. The van der Waals surface area contributed by atoms with Crippen molar-refractivity contribution < 1.29 is 45.0 Å². The van der Waals surface area contributed by atoms with Gasteiger partial charge in [0.2, 0.25) is 0 Å². The number of hydrogen-bond acceptors (Lipinski definition) is 7. The number of carboxylic acids is 3. The third-order valence-corrected chi connectivity index (χ3v) is 2.40. The second kappa shape index (κ2) is 10.1. The number of rotatable bonds is 7. The number of aliphatic carboxylic acids is 3. The van der Waals surface area contributed by atoms with Crippen LogP contribution in [-0.4, -0.2) is 73.4 Å². The molecule has 0 aliphatic rings. The summed E-state index contributed by atoms with van der Waals surface area (Å²) in [5, 5.41) is 52.5. The Morgan fingerprint density at radius 2 is 1.30 bits per heavy atom. The first-order chi connectivity index (χ1) is 10.7. The maximum Gasteiger partial charge on any atom is 0.335 e. The van der Waals surface area contributed by atoms with E-state index in [1.165, 1.54) is 0 Å². The number of anilines is 1. The van der Waals surface area contributed by atoms with Crippen molar-refractivity contribution in [2.75, 3.05) is 11.9 Å². The van der Waals surface area contributed by atoms with Gasteiger partial charge in [0.05, 0.1) is 6.61 Å². The van der Waals surface area contributed by atoms with Crippen molar-refractivity contribution in [3.05, 3.63) is 30.3 Å². The van der Waals surface area contributed by atoms with Crippen LogP contribution in [-0.2, 0) is 14.4 Å². The fourth-order valence-corrected chi connectivity index (χ4v) is 1.19. The third kappa shape index (κ3) is 7.76. The number of benzene rings is 1. The first-order valence-electron chi connectivity index (χ1n) is 6.17. The average molecular weight is 331 g/mol. The standard InChI is InChI=1S/C9H11NO3.C4H6O6/c11-6-8(9(12)13)10-7-4-2-1-3-5-7;5-1(3(7)8)2(6)4(9)10/h1-5,8,10-11H,6H2,(H,12,13);1-2,5-6H,(H,7,8)(H,9,10)/t8-;/m0./s1. The van der Waals surface area contributed by atoms with E-state index in [0.717, 1.165) is 0 Å². The zero-order valence-electron chi connectivity index (χ0n) is 11.7. The van der Waals surface area contributed by atoms with Crippen LogP contribution < -0.4 is 5.32 Å². The largest absolute Gasteiger partial charge is 0.480 e. The summed E-state index contributed by atoms with van der Waals surface area (Å²) >= 11 is 0. The van der Waals surface area contributed by atoms with Crippen LogP contribution in [0.2, 0.25) is 0 Å². The van der Waals surface area contributed by atoms with Gasteiger partial charge in [0, 0.05) is 5.69 Å². The van der Waals surface area contributed by atoms with Crippen LogP contribution in [0.5, 0.6) is 0 Å². The van der Waals surface area contributed by atoms with Gasteiger partial charge in [-0.2, -0.15) is 0 Å². The molecule has 0 aliphatic carbocycles. The van der Waals surface area contributed by atoms with E-state index in [1.807, 2.05) is 6.07 Å². The van der Waals surface area contributed by atoms with Crippen molar-refractivity contribution in [2.24, 2.45) is 0 Å². The van der Waals surface area contributed by atoms with E-state index in [4.69, 9.17) is 30.6 Å². The highest BCUT2D eigenvalue weighted by Crippen LogP contribution is 2.06. The smallest absolute Gasteiger partial charge is 0.335 e. The summed E-state index contributed by atoms with van der Waals surface area (Å²) in [5.41, 5.74) is 0.684. The monoisotopic (exact) mass is 331 g/mol. The zero-order chi connectivity index (χ0) is 18.0. The van der Waals surface area contributed by atoms with Crippen molar-refractivity contribution in [1.82, 2.24) is 0 Å². The predicted molar refractivity (Wildman–Crippen MR) is 75.9 cm³/mol. The van der Waals surface area contributed by atoms with Gasteiger partial charge < -0.3 is 36.0 Å². The molecule has 7 N–H and O–H groups in total. The van der Waals surface area contributed by atoms with Crippen molar-refractivity contribution in [1.29, 1.82) is 0 Å². The normalized spacial score (nSPS) is 13.7. The summed E-state index contributed by atoms with van der Waals surface area (Å²) in [6.07, 6.45) is -4.53. The number of aliphatic hydroxyl groups excluding tert-OH is 3. The van der Waals surface area contributed by atoms with Gasteiger partial charge in [0.25, 0.3) is 0 Å². The topological polar surface area (TPSA) is 185 Å². The molecule has 0 bridgehead atoms.